The number of aromatic nitrogens is 2. The molecule has 0 spiro atoms. The summed E-state index contributed by atoms with van der Waals surface area (Å²) in [5.41, 5.74) is 2.36. The number of nitrogens with one attached hydrogen (secondary N) is 1. The fraction of sp³-hybridized carbons (Fsp3) is 0.524. The standard InChI is InChI=1S/C21H28N4O4/c1-13-6-7-15-12-16(8-9-17(15)25(13)14(2)26)19-23-18(29-24-19)10-11-22-20(27)28-21(3,4)5/h8-9,12-13H,6-7,10-11H2,1-5H3,(H,22,27)/t13-/m0/s1. The Labute approximate surface area is 170 Å². The number of benzene rings is 1. The van der Waals surface area contributed by atoms with Crippen molar-refractivity contribution in [2.75, 3.05) is 11.4 Å². The van der Waals surface area contributed by atoms with Crippen molar-refractivity contribution in [2.45, 2.75) is 65.5 Å². The maximum atomic E-state index is 12.0. The van der Waals surface area contributed by atoms with Gasteiger partial charge < -0.3 is 19.5 Å². The summed E-state index contributed by atoms with van der Waals surface area (Å²) in [6.07, 6.45) is 1.76. The van der Waals surface area contributed by atoms with Crippen LogP contribution in [0.2, 0.25) is 0 Å². The molecule has 8 heteroatoms. The Kier molecular flexibility index (Phi) is 5.91. The van der Waals surface area contributed by atoms with Crippen molar-refractivity contribution < 1.29 is 18.8 Å². The van der Waals surface area contributed by atoms with Crippen LogP contribution in [0.15, 0.2) is 22.7 Å². The van der Waals surface area contributed by atoms with E-state index in [0.717, 1.165) is 29.7 Å². The van der Waals surface area contributed by atoms with E-state index in [1.165, 1.54) is 0 Å². The van der Waals surface area contributed by atoms with Crippen LogP contribution in [0.5, 0.6) is 0 Å². The van der Waals surface area contributed by atoms with E-state index in [9.17, 15) is 9.59 Å². The van der Waals surface area contributed by atoms with Crippen molar-refractivity contribution in [1.82, 2.24) is 15.5 Å². The van der Waals surface area contributed by atoms with E-state index in [2.05, 4.69) is 22.4 Å². The molecule has 0 unspecified atom stereocenters. The lowest BCUT2D eigenvalue weighted by Gasteiger charge is -2.34. The molecule has 2 heterocycles. The number of amides is 2. The van der Waals surface area contributed by atoms with Crippen molar-refractivity contribution in [3.05, 3.63) is 29.7 Å². The number of rotatable bonds is 4. The minimum absolute atomic E-state index is 0.0468. The Balaban J connectivity index is 1.65. The summed E-state index contributed by atoms with van der Waals surface area (Å²) in [7, 11) is 0. The van der Waals surface area contributed by atoms with Gasteiger partial charge in [0.2, 0.25) is 17.6 Å². The molecule has 1 aromatic carbocycles. The Morgan fingerprint density at radius 3 is 2.79 bits per heavy atom. The first kappa shape index (κ1) is 20.8. The van der Waals surface area contributed by atoms with Gasteiger partial charge in [-0.2, -0.15) is 4.98 Å². The summed E-state index contributed by atoms with van der Waals surface area (Å²) in [5.74, 6) is 0.978. The van der Waals surface area contributed by atoms with Gasteiger partial charge in [-0.3, -0.25) is 4.79 Å². The van der Waals surface area contributed by atoms with Crippen LogP contribution in [-0.2, 0) is 22.4 Å². The van der Waals surface area contributed by atoms with Crippen LogP contribution >= 0.6 is 0 Å². The summed E-state index contributed by atoms with van der Waals surface area (Å²) in [6, 6.07) is 6.06. The fourth-order valence-corrected chi connectivity index (χ4v) is 3.43. The lowest BCUT2D eigenvalue weighted by molar-refractivity contribution is -0.117. The Morgan fingerprint density at radius 2 is 2.10 bits per heavy atom. The number of alkyl carbamates (subject to hydrolysis) is 1. The molecule has 0 saturated heterocycles. The van der Waals surface area contributed by atoms with E-state index in [1.807, 2.05) is 43.9 Å². The molecule has 2 aromatic rings. The van der Waals surface area contributed by atoms with Gasteiger partial charge in [0.15, 0.2) is 0 Å². The maximum Gasteiger partial charge on any atom is 0.407 e. The Hall–Kier alpha value is -2.90. The minimum Gasteiger partial charge on any atom is -0.444 e. The quantitative estimate of drug-likeness (QED) is 0.844. The number of hydrogen-bond acceptors (Lipinski definition) is 6. The SMILES string of the molecule is CC(=O)N1c2ccc(-c3noc(CCNC(=O)OC(C)(C)C)n3)cc2CC[C@@H]1C. The summed E-state index contributed by atoms with van der Waals surface area (Å²) < 4.78 is 10.5. The van der Waals surface area contributed by atoms with Gasteiger partial charge in [-0.25, -0.2) is 4.79 Å². The highest BCUT2D eigenvalue weighted by atomic mass is 16.6. The fourth-order valence-electron chi connectivity index (χ4n) is 3.43. The van der Waals surface area contributed by atoms with Crippen molar-refractivity contribution in [3.63, 3.8) is 0 Å². The van der Waals surface area contributed by atoms with E-state index in [-0.39, 0.29) is 11.9 Å². The molecule has 1 aliphatic rings. The summed E-state index contributed by atoms with van der Waals surface area (Å²) >= 11 is 0. The van der Waals surface area contributed by atoms with Gasteiger partial charge in [-0.05, 0) is 64.3 Å². The third-order valence-corrected chi connectivity index (χ3v) is 4.68. The van der Waals surface area contributed by atoms with Crippen LogP contribution in [0, 0.1) is 0 Å². The first-order chi connectivity index (χ1) is 13.6. The Bertz CT molecular complexity index is 900. The molecule has 156 valence electrons. The van der Waals surface area contributed by atoms with Gasteiger partial charge in [0.1, 0.15) is 5.60 Å². The van der Waals surface area contributed by atoms with E-state index < -0.39 is 11.7 Å². The van der Waals surface area contributed by atoms with Gasteiger partial charge in [0.25, 0.3) is 0 Å². The smallest absolute Gasteiger partial charge is 0.407 e. The zero-order valence-corrected chi connectivity index (χ0v) is 17.6. The van der Waals surface area contributed by atoms with E-state index in [0.29, 0.717) is 24.7 Å². The molecule has 0 radical (unpaired) electrons. The topological polar surface area (TPSA) is 97.6 Å². The molecule has 1 aliphatic heterocycles. The van der Waals surface area contributed by atoms with E-state index in [4.69, 9.17) is 9.26 Å². The molecular formula is C21H28N4O4. The number of carbonyl (C=O) groups excluding carboxylic acids is 2. The molecule has 3 rings (SSSR count). The largest absolute Gasteiger partial charge is 0.444 e. The third kappa shape index (κ3) is 5.13. The van der Waals surface area contributed by atoms with Gasteiger partial charge in [0.05, 0.1) is 0 Å². The molecule has 29 heavy (non-hydrogen) atoms. The number of anilines is 1. The number of carbonyl (C=O) groups is 2. The average molecular weight is 400 g/mol. The van der Waals surface area contributed by atoms with Crippen molar-refractivity contribution in [3.8, 4) is 11.4 Å². The maximum absolute atomic E-state index is 12.0. The second kappa shape index (κ2) is 8.23. The number of hydrogen-bond donors (Lipinski definition) is 1. The van der Waals surface area contributed by atoms with Gasteiger partial charge in [0, 0.05) is 37.2 Å². The van der Waals surface area contributed by atoms with Gasteiger partial charge in [-0.15, -0.1) is 0 Å². The highest BCUT2D eigenvalue weighted by Gasteiger charge is 2.26. The van der Waals surface area contributed by atoms with Crippen LogP contribution in [-0.4, -0.2) is 40.3 Å². The summed E-state index contributed by atoms with van der Waals surface area (Å²) in [4.78, 5) is 29.9. The van der Waals surface area contributed by atoms with Crippen LogP contribution < -0.4 is 10.2 Å². The van der Waals surface area contributed by atoms with Crippen LogP contribution in [0.3, 0.4) is 0 Å². The molecule has 0 aliphatic carbocycles. The first-order valence-corrected chi connectivity index (χ1v) is 9.86. The molecule has 1 aromatic heterocycles. The molecule has 0 bridgehead atoms. The second-order valence-electron chi connectivity index (χ2n) is 8.31. The predicted octanol–water partition coefficient (Wildman–Crippen LogP) is 3.49. The highest BCUT2D eigenvalue weighted by Crippen LogP contribution is 2.33. The average Bonchev–Trinajstić information content (AvgIpc) is 3.08. The van der Waals surface area contributed by atoms with E-state index in [1.54, 1.807) is 6.92 Å². The lowest BCUT2D eigenvalue weighted by Crippen LogP contribution is -2.40. The monoisotopic (exact) mass is 400 g/mol. The van der Waals surface area contributed by atoms with Crippen molar-refractivity contribution in [1.29, 1.82) is 0 Å². The number of ether oxygens (including phenoxy) is 1. The second-order valence-corrected chi connectivity index (χ2v) is 8.31. The van der Waals surface area contributed by atoms with Crippen LogP contribution in [0.4, 0.5) is 10.5 Å². The zero-order chi connectivity index (χ0) is 21.2. The summed E-state index contributed by atoms with van der Waals surface area (Å²) in [6.45, 7) is 9.43. The molecule has 1 N–H and O–H groups in total. The van der Waals surface area contributed by atoms with Gasteiger partial charge in [-0.1, -0.05) is 5.16 Å². The van der Waals surface area contributed by atoms with Crippen molar-refractivity contribution in [2.24, 2.45) is 0 Å². The van der Waals surface area contributed by atoms with Crippen LogP contribution in [0.25, 0.3) is 11.4 Å². The predicted molar refractivity (Wildman–Crippen MR) is 109 cm³/mol. The molecule has 2 amide bonds. The molecule has 0 saturated carbocycles. The number of aryl methyl sites for hydroxylation is 1. The first-order valence-electron chi connectivity index (χ1n) is 9.86. The highest BCUT2D eigenvalue weighted by molar-refractivity contribution is 5.93. The summed E-state index contributed by atoms with van der Waals surface area (Å²) in [5, 5.41) is 6.72. The van der Waals surface area contributed by atoms with Crippen LogP contribution in [0.1, 0.15) is 52.5 Å². The normalized spacial score (nSPS) is 16.3. The Morgan fingerprint density at radius 1 is 1.34 bits per heavy atom. The van der Waals surface area contributed by atoms with Crippen molar-refractivity contribution >= 4 is 17.7 Å². The minimum atomic E-state index is -0.538. The molecule has 0 fully saturated rings. The third-order valence-electron chi connectivity index (χ3n) is 4.68. The number of fused-ring (bicyclic) bond motifs is 1. The van der Waals surface area contributed by atoms with Gasteiger partial charge >= 0.3 is 6.09 Å². The van der Waals surface area contributed by atoms with E-state index >= 15 is 0 Å². The molecular weight excluding hydrogens is 372 g/mol. The molecule has 8 nitrogen and oxygen atoms in total. The number of nitrogens with zero attached hydrogens (tertiary/aromatic N) is 3. The zero-order valence-electron chi connectivity index (χ0n) is 17.6. The molecule has 1 atom stereocenters. The lowest BCUT2D eigenvalue weighted by atomic mass is 9.94.